The first-order valence-electron chi connectivity index (χ1n) is 5.43. The van der Waals surface area contributed by atoms with E-state index in [1.54, 1.807) is 24.3 Å². The number of nitrogens with two attached hydrogens (primary N) is 1. The van der Waals surface area contributed by atoms with E-state index in [9.17, 15) is 8.42 Å². The lowest BCUT2D eigenvalue weighted by molar-refractivity contribution is 0.501. The predicted octanol–water partition coefficient (Wildman–Crippen LogP) is 1.47. The van der Waals surface area contributed by atoms with Crippen molar-refractivity contribution in [3.63, 3.8) is 0 Å². The Kier molecular flexibility index (Phi) is 3.58. The van der Waals surface area contributed by atoms with E-state index in [0.717, 1.165) is 17.3 Å². The number of hydrogen-bond donors (Lipinski definition) is 2. The number of rotatable bonds is 5. The van der Waals surface area contributed by atoms with Crippen LogP contribution in [0.4, 0.5) is 0 Å². The van der Waals surface area contributed by atoms with E-state index >= 15 is 0 Å². The summed E-state index contributed by atoms with van der Waals surface area (Å²) in [5.41, 5.74) is 5.62. The number of halogens is 1. The summed E-state index contributed by atoms with van der Waals surface area (Å²) in [5.74, 6) is 0. The van der Waals surface area contributed by atoms with Crippen molar-refractivity contribution in [1.29, 1.82) is 0 Å². The van der Waals surface area contributed by atoms with Crippen molar-refractivity contribution in [2.24, 2.45) is 11.1 Å². The molecule has 0 unspecified atom stereocenters. The van der Waals surface area contributed by atoms with Crippen LogP contribution in [0, 0.1) is 5.41 Å². The first-order chi connectivity index (χ1) is 7.97. The SMILES string of the molecule is NCC1(CNS(=O)(=O)c2ccc(Br)cc2)CC1. The van der Waals surface area contributed by atoms with E-state index in [-0.39, 0.29) is 10.3 Å². The molecule has 0 radical (unpaired) electrons. The second-order valence-corrected chi connectivity index (χ2v) is 7.17. The van der Waals surface area contributed by atoms with Gasteiger partial charge in [-0.25, -0.2) is 13.1 Å². The van der Waals surface area contributed by atoms with Crippen LogP contribution in [0.2, 0.25) is 0 Å². The maximum atomic E-state index is 12.0. The molecule has 0 bridgehead atoms. The zero-order valence-electron chi connectivity index (χ0n) is 9.32. The highest BCUT2D eigenvalue weighted by atomic mass is 79.9. The van der Waals surface area contributed by atoms with Gasteiger partial charge in [0, 0.05) is 11.0 Å². The molecular weight excluding hydrogens is 304 g/mol. The standard InChI is InChI=1S/C11H15BrN2O2S/c12-9-1-3-10(4-2-9)17(15,16)14-8-11(7-13)5-6-11/h1-4,14H,5-8,13H2. The zero-order valence-corrected chi connectivity index (χ0v) is 11.7. The Morgan fingerprint density at radius 3 is 2.35 bits per heavy atom. The van der Waals surface area contributed by atoms with E-state index in [0.29, 0.717) is 13.1 Å². The summed E-state index contributed by atoms with van der Waals surface area (Å²) in [6.45, 7) is 0.970. The molecule has 94 valence electrons. The summed E-state index contributed by atoms with van der Waals surface area (Å²) in [7, 11) is -3.41. The summed E-state index contributed by atoms with van der Waals surface area (Å²) in [6.07, 6.45) is 2.01. The minimum absolute atomic E-state index is 0.00241. The topological polar surface area (TPSA) is 72.2 Å². The van der Waals surface area contributed by atoms with Gasteiger partial charge < -0.3 is 5.73 Å². The third kappa shape index (κ3) is 3.07. The van der Waals surface area contributed by atoms with Crippen LogP contribution >= 0.6 is 15.9 Å². The zero-order chi connectivity index (χ0) is 12.5. The summed E-state index contributed by atoms with van der Waals surface area (Å²) in [4.78, 5) is 0.286. The quantitative estimate of drug-likeness (QED) is 0.863. The maximum absolute atomic E-state index is 12.0. The fourth-order valence-corrected chi connectivity index (χ4v) is 3.00. The number of nitrogens with one attached hydrogen (secondary N) is 1. The lowest BCUT2D eigenvalue weighted by Gasteiger charge is -2.13. The summed E-state index contributed by atoms with van der Waals surface area (Å²) in [5, 5.41) is 0. The Morgan fingerprint density at radius 1 is 1.29 bits per heavy atom. The number of hydrogen-bond acceptors (Lipinski definition) is 3. The van der Waals surface area contributed by atoms with Crippen LogP contribution in [0.3, 0.4) is 0 Å². The Labute approximate surface area is 110 Å². The van der Waals surface area contributed by atoms with Crippen LogP contribution < -0.4 is 10.5 Å². The Hall–Kier alpha value is -0.430. The van der Waals surface area contributed by atoms with Crippen molar-refractivity contribution in [2.45, 2.75) is 17.7 Å². The van der Waals surface area contributed by atoms with Crippen molar-refractivity contribution < 1.29 is 8.42 Å². The highest BCUT2D eigenvalue weighted by Gasteiger charge is 2.41. The molecule has 1 saturated carbocycles. The molecule has 0 saturated heterocycles. The van der Waals surface area contributed by atoms with Crippen molar-refractivity contribution in [1.82, 2.24) is 4.72 Å². The van der Waals surface area contributed by atoms with Crippen molar-refractivity contribution in [2.75, 3.05) is 13.1 Å². The maximum Gasteiger partial charge on any atom is 0.240 e. The smallest absolute Gasteiger partial charge is 0.240 e. The summed E-state index contributed by atoms with van der Waals surface area (Å²) >= 11 is 3.27. The molecule has 1 fully saturated rings. The van der Waals surface area contributed by atoms with Gasteiger partial charge in [0.05, 0.1) is 4.90 Å². The molecule has 1 aliphatic rings. The van der Waals surface area contributed by atoms with Crippen LogP contribution in [-0.4, -0.2) is 21.5 Å². The second kappa shape index (κ2) is 4.68. The van der Waals surface area contributed by atoms with Crippen molar-refractivity contribution in [3.8, 4) is 0 Å². The van der Waals surface area contributed by atoms with Crippen LogP contribution in [0.15, 0.2) is 33.6 Å². The van der Waals surface area contributed by atoms with Gasteiger partial charge in [-0.2, -0.15) is 0 Å². The van der Waals surface area contributed by atoms with Gasteiger partial charge in [-0.1, -0.05) is 15.9 Å². The summed E-state index contributed by atoms with van der Waals surface area (Å²) < 4.78 is 27.4. The molecule has 1 aromatic carbocycles. The van der Waals surface area contributed by atoms with Gasteiger partial charge in [-0.15, -0.1) is 0 Å². The molecule has 1 aliphatic carbocycles. The summed E-state index contributed by atoms with van der Waals surface area (Å²) in [6, 6.07) is 6.58. The van der Waals surface area contributed by atoms with E-state index in [2.05, 4.69) is 20.7 Å². The minimum atomic E-state index is -3.41. The average molecular weight is 319 g/mol. The molecular formula is C11H15BrN2O2S. The molecule has 4 nitrogen and oxygen atoms in total. The van der Waals surface area contributed by atoms with E-state index < -0.39 is 10.0 Å². The monoisotopic (exact) mass is 318 g/mol. The van der Waals surface area contributed by atoms with Gasteiger partial charge in [0.25, 0.3) is 0 Å². The normalized spacial score (nSPS) is 18.0. The first kappa shape index (κ1) is 13.0. The molecule has 0 atom stereocenters. The van der Waals surface area contributed by atoms with Crippen molar-refractivity contribution >= 4 is 26.0 Å². The van der Waals surface area contributed by atoms with Gasteiger partial charge in [-0.05, 0) is 49.1 Å². The third-order valence-electron chi connectivity index (χ3n) is 3.15. The predicted molar refractivity (Wildman–Crippen MR) is 70.1 cm³/mol. The molecule has 0 heterocycles. The van der Waals surface area contributed by atoms with Gasteiger partial charge in [0.15, 0.2) is 0 Å². The second-order valence-electron chi connectivity index (χ2n) is 4.48. The highest BCUT2D eigenvalue weighted by molar-refractivity contribution is 9.10. The highest BCUT2D eigenvalue weighted by Crippen LogP contribution is 2.43. The van der Waals surface area contributed by atoms with Gasteiger partial charge in [-0.3, -0.25) is 0 Å². The molecule has 2 rings (SSSR count). The molecule has 3 N–H and O–H groups in total. The molecule has 0 aromatic heterocycles. The molecule has 0 amide bonds. The van der Waals surface area contributed by atoms with Crippen LogP contribution in [-0.2, 0) is 10.0 Å². The van der Waals surface area contributed by atoms with Crippen LogP contribution in [0.1, 0.15) is 12.8 Å². The van der Waals surface area contributed by atoms with E-state index in [1.165, 1.54) is 0 Å². The fourth-order valence-electron chi connectivity index (χ4n) is 1.58. The Balaban J connectivity index is 2.06. The lowest BCUT2D eigenvalue weighted by atomic mass is 10.1. The number of benzene rings is 1. The molecule has 1 aromatic rings. The van der Waals surface area contributed by atoms with Crippen molar-refractivity contribution in [3.05, 3.63) is 28.7 Å². The lowest BCUT2D eigenvalue weighted by Crippen LogP contribution is -2.33. The number of sulfonamides is 1. The Morgan fingerprint density at radius 2 is 1.88 bits per heavy atom. The Bertz CT molecular complexity index is 495. The van der Waals surface area contributed by atoms with Gasteiger partial charge in [0.1, 0.15) is 0 Å². The molecule has 6 heteroatoms. The third-order valence-corrected chi connectivity index (χ3v) is 5.10. The largest absolute Gasteiger partial charge is 0.330 e. The molecule has 17 heavy (non-hydrogen) atoms. The van der Waals surface area contributed by atoms with E-state index in [1.807, 2.05) is 0 Å². The van der Waals surface area contributed by atoms with Crippen LogP contribution in [0.5, 0.6) is 0 Å². The van der Waals surface area contributed by atoms with Gasteiger partial charge >= 0.3 is 0 Å². The van der Waals surface area contributed by atoms with Gasteiger partial charge in [0.2, 0.25) is 10.0 Å². The van der Waals surface area contributed by atoms with Crippen LogP contribution in [0.25, 0.3) is 0 Å². The molecule has 0 aliphatic heterocycles. The minimum Gasteiger partial charge on any atom is -0.330 e. The first-order valence-corrected chi connectivity index (χ1v) is 7.70. The average Bonchev–Trinajstić information content (AvgIpc) is 3.08. The molecule has 0 spiro atoms. The fraction of sp³-hybridized carbons (Fsp3) is 0.455. The van der Waals surface area contributed by atoms with E-state index in [4.69, 9.17) is 5.73 Å².